The molecule has 0 aliphatic carbocycles. The van der Waals surface area contributed by atoms with E-state index in [2.05, 4.69) is 4.72 Å². The third-order valence-electron chi connectivity index (χ3n) is 2.99. The molecule has 0 spiro atoms. The molecule has 0 heterocycles. The molecule has 0 unspecified atom stereocenters. The maximum Gasteiger partial charge on any atom is 0.243 e. The Labute approximate surface area is 127 Å². The Balaban J connectivity index is 3.15. The molecule has 1 N–H and O–H groups in total. The van der Waals surface area contributed by atoms with Crippen molar-refractivity contribution in [2.75, 3.05) is 20.1 Å². The van der Waals surface area contributed by atoms with Gasteiger partial charge in [-0.05, 0) is 44.2 Å². The first kappa shape index (κ1) is 18.1. The van der Waals surface area contributed by atoms with Gasteiger partial charge in [-0.15, -0.1) is 0 Å². The highest BCUT2D eigenvalue weighted by atomic mass is 32.2. The summed E-state index contributed by atoms with van der Waals surface area (Å²) in [5, 5.41) is 0. The van der Waals surface area contributed by atoms with Crippen LogP contribution in [-0.4, -0.2) is 41.3 Å². The number of rotatable bonds is 8. The van der Waals surface area contributed by atoms with Gasteiger partial charge < -0.3 is 0 Å². The molecular formula is C13H22N2O4S2. The summed E-state index contributed by atoms with van der Waals surface area (Å²) in [5.74, 6) is 0. The maximum atomic E-state index is 12.5. The number of nitrogens with zero attached hydrogens (tertiary/aromatic N) is 1. The van der Waals surface area contributed by atoms with E-state index in [9.17, 15) is 16.8 Å². The molecule has 0 bridgehead atoms. The van der Waals surface area contributed by atoms with Crippen LogP contribution in [0.15, 0.2) is 34.1 Å². The molecule has 0 aliphatic rings. The average Bonchev–Trinajstić information content (AvgIpc) is 2.47. The Morgan fingerprint density at radius 3 is 1.71 bits per heavy atom. The Bertz CT molecular complexity index is 646. The first-order valence-electron chi connectivity index (χ1n) is 6.83. The molecule has 0 amide bonds. The minimum Gasteiger partial charge on any atom is -0.214 e. The van der Waals surface area contributed by atoms with Crippen molar-refractivity contribution in [3.63, 3.8) is 0 Å². The van der Waals surface area contributed by atoms with Gasteiger partial charge in [-0.1, -0.05) is 13.8 Å². The van der Waals surface area contributed by atoms with Gasteiger partial charge in [-0.2, -0.15) is 4.31 Å². The predicted octanol–water partition coefficient (Wildman–Crippen LogP) is 1.41. The third-order valence-corrected chi connectivity index (χ3v) is 6.33. The van der Waals surface area contributed by atoms with E-state index < -0.39 is 20.0 Å². The lowest BCUT2D eigenvalue weighted by atomic mass is 10.4. The van der Waals surface area contributed by atoms with Crippen molar-refractivity contribution >= 4 is 20.0 Å². The summed E-state index contributed by atoms with van der Waals surface area (Å²) in [6, 6.07) is 5.26. The largest absolute Gasteiger partial charge is 0.243 e. The van der Waals surface area contributed by atoms with Gasteiger partial charge in [0.15, 0.2) is 0 Å². The number of sulfonamides is 2. The smallest absolute Gasteiger partial charge is 0.214 e. The van der Waals surface area contributed by atoms with E-state index in [1.54, 1.807) is 0 Å². The lowest BCUT2D eigenvalue weighted by molar-refractivity contribution is 0.410. The van der Waals surface area contributed by atoms with Crippen LogP contribution in [0, 0.1) is 0 Å². The monoisotopic (exact) mass is 334 g/mol. The molecule has 1 aromatic carbocycles. The third kappa shape index (κ3) is 4.26. The summed E-state index contributed by atoms with van der Waals surface area (Å²) in [5.41, 5.74) is 0. The molecule has 0 fully saturated rings. The maximum absolute atomic E-state index is 12.5. The first-order chi connectivity index (χ1) is 9.79. The lowest BCUT2D eigenvalue weighted by Gasteiger charge is -2.21. The van der Waals surface area contributed by atoms with Gasteiger partial charge in [0.1, 0.15) is 0 Å². The molecule has 0 aromatic heterocycles. The van der Waals surface area contributed by atoms with Gasteiger partial charge in [0.05, 0.1) is 9.79 Å². The van der Waals surface area contributed by atoms with Crippen molar-refractivity contribution < 1.29 is 16.8 Å². The van der Waals surface area contributed by atoms with Crippen LogP contribution in [0.3, 0.4) is 0 Å². The zero-order valence-electron chi connectivity index (χ0n) is 12.5. The zero-order valence-corrected chi connectivity index (χ0v) is 14.2. The standard InChI is InChI=1S/C13H22N2O4S2/c1-4-10-15(11-5-2)21(18,19)13-8-6-12(7-9-13)20(16,17)14-3/h6-9,14H,4-5,10-11H2,1-3H3. The van der Waals surface area contributed by atoms with E-state index in [1.165, 1.54) is 35.6 Å². The molecule has 1 rings (SSSR count). The molecule has 21 heavy (non-hydrogen) atoms. The summed E-state index contributed by atoms with van der Waals surface area (Å²) < 4.78 is 51.9. The summed E-state index contributed by atoms with van der Waals surface area (Å²) >= 11 is 0. The first-order valence-corrected chi connectivity index (χ1v) is 9.75. The quantitative estimate of drug-likeness (QED) is 0.779. The highest BCUT2D eigenvalue weighted by Crippen LogP contribution is 2.19. The Hall–Kier alpha value is -0.960. The second-order valence-electron chi connectivity index (χ2n) is 4.58. The van der Waals surface area contributed by atoms with Gasteiger partial charge in [-0.3, -0.25) is 0 Å². The molecule has 6 nitrogen and oxygen atoms in total. The minimum atomic E-state index is -3.58. The van der Waals surface area contributed by atoms with Crippen LogP contribution in [0.4, 0.5) is 0 Å². The molecule has 0 atom stereocenters. The van der Waals surface area contributed by atoms with Crippen LogP contribution in [0.1, 0.15) is 26.7 Å². The van der Waals surface area contributed by atoms with Crippen molar-refractivity contribution in [3.8, 4) is 0 Å². The van der Waals surface area contributed by atoms with Crippen LogP contribution in [0.25, 0.3) is 0 Å². The topological polar surface area (TPSA) is 83.6 Å². The van der Waals surface area contributed by atoms with Crippen LogP contribution >= 0.6 is 0 Å². The van der Waals surface area contributed by atoms with Gasteiger partial charge >= 0.3 is 0 Å². The summed E-state index contributed by atoms with van der Waals surface area (Å²) in [6.07, 6.45) is 1.46. The fourth-order valence-corrected chi connectivity index (χ4v) is 4.26. The van der Waals surface area contributed by atoms with Gasteiger partial charge in [-0.25, -0.2) is 21.6 Å². The van der Waals surface area contributed by atoms with Crippen LogP contribution < -0.4 is 4.72 Å². The zero-order chi connectivity index (χ0) is 16.1. The highest BCUT2D eigenvalue weighted by Gasteiger charge is 2.23. The van der Waals surface area contributed by atoms with E-state index in [4.69, 9.17) is 0 Å². The fraction of sp³-hybridized carbons (Fsp3) is 0.538. The average molecular weight is 334 g/mol. The van der Waals surface area contributed by atoms with Gasteiger partial charge in [0, 0.05) is 13.1 Å². The number of hydrogen-bond donors (Lipinski definition) is 1. The number of benzene rings is 1. The summed E-state index contributed by atoms with van der Waals surface area (Å²) in [6.45, 7) is 4.74. The highest BCUT2D eigenvalue weighted by molar-refractivity contribution is 7.89. The molecule has 1 aromatic rings. The minimum absolute atomic E-state index is 0.0430. The fourth-order valence-electron chi connectivity index (χ4n) is 1.91. The predicted molar refractivity (Wildman–Crippen MR) is 82.0 cm³/mol. The van der Waals surface area contributed by atoms with Crippen LogP contribution in [0.2, 0.25) is 0 Å². The molecule has 8 heteroatoms. The van der Waals surface area contributed by atoms with Crippen molar-refractivity contribution in [1.29, 1.82) is 0 Å². The number of hydrogen-bond acceptors (Lipinski definition) is 4. The second-order valence-corrected chi connectivity index (χ2v) is 8.41. The van der Waals surface area contributed by atoms with Crippen molar-refractivity contribution in [2.45, 2.75) is 36.5 Å². The molecule has 120 valence electrons. The molecular weight excluding hydrogens is 312 g/mol. The van der Waals surface area contributed by atoms with E-state index in [-0.39, 0.29) is 9.79 Å². The van der Waals surface area contributed by atoms with Crippen LogP contribution in [-0.2, 0) is 20.0 Å². The van der Waals surface area contributed by atoms with Crippen molar-refractivity contribution in [3.05, 3.63) is 24.3 Å². The number of nitrogens with one attached hydrogen (secondary N) is 1. The van der Waals surface area contributed by atoms with E-state index in [1.807, 2.05) is 13.8 Å². The van der Waals surface area contributed by atoms with E-state index in [0.717, 1.165) is 12.8 Å². The van der Waals surface area contributed by atoms with E-state index >= 15 is 0 Å². The van der Waals surface area contributed by atoms with Crippen molar-refractivity contribution in [1.82, 2.24) is 9.03 Å². The van der Waals surface area contributed by atoms with E-state index in [0.29, 0.717) is 13.1 Å². The second kappa shape index (κ2) is 7.35. The lowest BCUT2D eigenvalue weighted by Crippen LogP contribution is -2.32. The Morgan fingerprint density at radius 1 is 0.905 bits per heavy atom. The van der Waals surface area contributed by atoms with Gasteiger partial charge in [0.25, 0.3) is 0 Å². The summed E-state index contributed by atoms with van der Waals surface area (Å²) in [7, 11) is -5.83. The van der Waals surface area contributed by atoms with Crippen molar-refractivity contribution in [2.24, 2.45) is 0 Å². The SMILES string of the molecule is CCCN(CCC)S(=O)(=O)c1ccc(S(=O)(=O)NC)cc1. The molecule has 0 aliphatic heterocycles. The molecule has 0 saturated carbocycles. The van der Waals surface area contributed by atoms with Gasteiger partial charge in [0.2, 0.25) is 20.0 Å². The Kier molecular flexibility index (Phi) is 6.33. The summed E-state index contributed by atoms with van der Waals surface area (Å²) in [4.78, 5) is 0.154. The van der Waals surface area contributed by atoms with Crippen LogP contribution in [0.5, 0.6) is 0 Å². The Morgan fingerprint density at radius 2 is 1.33 bits per heavy atom. The molecule has 0 saturated heterocycles. The molecule has 0 radical (unpaired) electrons. The normalized spacial score (nSPS) is 12.8.